The molecule has 0 spiro atoms. The lowest BCUT2D eigenvalue weighted by Crippen LogP contribution is -1.93. The number of H-pyrrole nitrogens is 1. The fraction of sp³-hybridized carbons (Fsp3) is 0.200. The molecule has 0 radical (unpaired) electrons. The van der Waals surface area contributed by atoms with E-state index in [-0.39, 0.29) is 6.79 Å². The molecule has 0 aliphatic carbocycles. The molecule has 0 bridgehead atoms. The van der Waals surface area contributed by atoms with Gasteiger partial charge in [0.2, 0.25) is 12.7 Å². The zero-order chi connectivity index (χ0) is 11.4. The number of hydrogen-bond donors (Lipinski definition) is 2. The van der Waals surface area contributed by atoms with Crippen LogP contribution in [0.25, 0.3) is 16.8 Å². The molecule has 86 valence electrons. The van der Waals surface area contributed by atoms with Crippen LogP contribution in [-0.2, 0) is 0 Å². The van der Waals surface area contributed by atoms with Crippen molar-refractivity contribution in [2.24, 2.45) is 0 Å². The molecular weight excluding hydrogens is 222 g/mol. The summed E-state index contributed by atoms with van der Waals surface area (Å²) in [4.78, 5) is 8.68. The van der Waals surface area contributed by atoms with Gasteiger partial charge in [0.25, 0.3) is 5.78 Å². The van der Waals surface area contributed by atoms with Crippen molar-refractivity contribution in [1.29, 1.82) is 0 Å². The van der Waals surface area contributed by atoms with E-state index >= 15 is 0 Å². The lowest BCUT2D eigenvalue weighted by Gasteiger charge is -1.96. The van der Waals surface area contributed by atoms with Crippen LogP contribution in [0.4, 0.5) is 5.95 Å². The van der Waals surface area contributed by atoms with Crippen molar-refractivity contribution >= 4 is 22.8 Å². The number of rotatable bonds is 1. The molecule has 2 N–H and O–H groups in total. The molecule has 2 aromatic heterocycles. The average Bonchev–Trinajstić information content (AvgIpc) is 2.98. The standard InChI is InChI=1S/C10H9N5O2/c1-11-9-13-10-12-5-2-7-8(17-4-16-7)3-6(5)15(10)14-9/h2-3H,4H2,1H3,(H2,11,12,13,14). The summed E-state index contributed by atoms with van der Waals surface area (Å²) in [7, 11) is 1.80. The first-order chi connectivity index (χ1) is 8.35. The highest BCUT2D eigenvalue weighted by Gasteiger charge is 2.18. The first-order valence-electron chi connectivity index (χ1n) is 5.21. The maximum atomic E-state index is 5.34. The maximum Gasteiger partial charge on any atom is 0.253 e. The fourth-order valence-electron chi connectivity index (χ4n) is 1.98. The quantitative estimate of drug-likeness (QED) is 0.653. The van der Waals surface area contributed by atoms with Gasteiger partial charge in [-0.3, -0.25) is 5.10 Å². The minimum atomic E-state index is 0.264. The molecule has 0 unspecified atom stereocenters. The van der Waals surface area contributed by atoms with E-state index in [0.29, 0.717) is 11.7 Å². The van der Waals surface area contributed by atoms with Crippen LogP contribution < -0.4 is 14.8 Å². The van der Waals surface area contributed by atoms with Gasteiger partial charge in [0, 0.05) is 19.2 Å². The average molecular weight is 231 g/mol. The van der Waals surface area contributed by atoms with Crippen molar-refractivity contribution < 1.29 is 9.47 Å². The van der Waals surface area contributed by atoms with Gasteiger partial charge in [-0.25, -0.2) is 9.50 Å². The lowest BCUT2D eigenvalue weighted by molar-refractivity contribution is 0.174. The summed E-state index contributed by atoms with van der Waals surface area (Å²) in [6, 6.07) is 3.76. The van der Waals surface area contributed by atoms with Crippen LogP contribution in [0.3, 0.4) is 0 Å². The molecule has 7 heteroatoms. The van der Waals surface area contributed by atoms with Gasteiger partial charge >= 0.3 is 0 Å². The Balaban J connectivity index is 2.08. The third-order valence-electron chi connectivity index (χ3n) is 2.80. The van der Waals surface area contributed by atoms with Gasteiger partial charge in [0.1, 0.15) is 0 Å². The van der Waals surface area contributed by atoms with Crippen LogP contribution in [0.2, 0.25) is 0 Å². The monoisotopic (exact) mass is 231 g/mol. The van der Waals surface area contributed by atoms with Crippen LogP contribution >= 0.6 is 0 Å². The molecule has 0 amide bonds. The van der Waals surface area contributed by atoms with E-state index < -0.39 is 0 Å². The van der Waals surface area contributed by atoms with E-state index in [1.165, 1.54) is 0 Å². The largest absolute Gasteiger partial charge is 0.454 e. The molecule has 1 aromatic carbocycles. The molecule has 0 saturated heterocycles. The number of anilines is 1. The lowest BCUT2D eigenvalue weighted by atomic mass is 10.3. The van der Waals surface area contributed by atoms with E-state index in [1.54, 1.807) is 7.05 Å². The zero-order valence-electron chi connectivity index (χ0n) is 9.02. The Morgan fingerprint density at radius 1 is 1.29 bits per heavy atom. The minimum Gasteiger partial charge on any atom is -0.454 e. The summed E-state index contributed by atoms with van der Waals surface area (Å²) in [5, 5.41) is 6.03. The number of benzene rings is 1. The molecule has 3 heterocycles. The smallest absolute Gasteiger partial charge is 0.253 e. The number of nitrogens with zero attached hydrogens (tertiary/aromatic N) is 3. The fourth-order valence-corrected chi connectivity index (χ4v) is 1.98. The molecular formula is C10H9N5O2. The van der Waals surface area contributed by atoms with Crippen LogP contribution in [0.15, 0.2) is 12.1 Å². The van der Waals surface area contributed by atoms with Crippen molar-refractivity contribution in [3.8, 4) is 11.5 Å². The van der Waals surface area contributed by atoms with Gasteiger partial charge in [0.05, 0.1) is 11.0 Å². The van der Waals surface area contributed by atoms with Crippen molar-refractivity contribution in [3.63, 3.8) is 0 Å². The number of aromatic nitrogens is 4. The highest BCUT2D eigenvalue weighted by Crippen LogP contribution is 2.35. The number of nitrogens with one attached hydrogen (secondary N) is 2. The third-order valence-corrected chi connectivity index (χ3v) is 2.80. The number of fused-ring (bicyclic) bond motifs is 4. The molecule has 4 rings (SSSR count). The molecule has 0 saturated carbocycles. The molecule has 17 heavy (non-hydrogen) atoms. The summed E-state index contributed by atoms with van der Waals surface area (Å²) < 4.78 is 12.5. The number of imidazole rings is 1. The van der Waals surface area contributed by atoms with Crippen LogP contribution in [0, 0.1) is 0 Å². The molecule has 0 fully saturated rings. The predicted molar refractivity (Wildman–Crippen MR) is 60.5 cm³/mol. The zero-order valence-corrected chi connectivity index (χ0v) is 9.02. The maximum absolute atomic E-state index is 5.34. The second-order valence-corrected chi connectivity index (χ2v) is 3.76. The van der Waals surface area contributed by atoms with Crippen LogP contribution in [-0.4, -0.2) is 33.4 Å². The Hall–Kier alpha value is -2.44. The van der Waals surface area contributed by atoms with E-state index in [2.05, 4.69) is 20.4 Å². The Kier molecular flexibility index (Phi) is 1.44. The van der Waals surface area contributed by atoms with Crippen LogP contribution in [0.1, 0.15) is 0 Å². The molecule has 3 aromatic rings. The molecule has 0 atom stereocenters. The summed E-state index contributed by atoms with van der Waals surface area (Å²) in [5.41, 5.74) is 1.74. The Bertz CT molecular complexity index is 729. The predicted octanol–water partition coefficient (Wildman–Crippen LogP) is 0.981. The van der Waals surface area contributed by atoms with Crippen molar-refractivity contribution in [2.45, 2.75) is 0 Å². The highest BCUT2D eigenvalue weighted by molar-refractivity contribution is 5.83. The van der Waals surface area contributed by atoms with Gasteiger partial charge in [-0.1, -0.05) is 0 Å². The SMILES string of the molecule is CNc1nc2nc3cc4c(cc3n2[nH]1)OCO4. The van der Waals surface area contributed by atoms with E-state index in [1.807, 2.05) is 16.6 Å². The van der Waals surface area contributed by atoms with Gasteiger partial charge in [-0.15, -0.1) is 0 Å². The van der Waals surface area contributed by atoms with Gasteiger partial charge in [0.15, 0.2) is 11.5 Å². The van der Waals surface area contributed by atoms with E-state index in [0.717, 1.165) is 22.5 Å². The normalized spacial score (nSPS) is 13.7. The Morgan fingerprint density at radius 2 is 2.12 bits per heavy atom. The topological polar surface area (TPSA) is 76.5 Å². The first kappa shape index (κ1) is 8.68. The highest BCUT2D eigenvalue weighted by atomic mass is 16.7. The number of ether oxygens (including phenoxy) is 2. The van der Waals surface area contributed by atoms with Crippen LogP contribution in [0.5, 0.6) is 11.5 Å². The van der Waals surface area contributed by atoms with Gasteiger partial charge < -0.3 is 14.8 Å². The minimum absolute atomic E-state index is 0.264. The summed E-state index contributed by atoms with van der Waals surface area (Å²) in [6.07, 6.45) is 0. The van der Waals surface area contributed by atoms with Crippen molar-refractivity contribution in [1.82, 2.24) is 19.6 Å². The van der Waals surface area contributed by atoms with Gasteiger partial charge in [-0.05, 0) is 0 Å². The second kappa shape index (κ2) is 2.82. The Labute approximate surface area is 95.3 Å². The van der Waals surface area contributed by atoms with E-state index in [9.17, 15) is 0 Å². The number of hydrogen-bond acceptors (Lipinski definition) is 5. The first-order valence-corrected chi connectivity index (χ1v) is 5.21. The molecule has 1 aliphatic heterocycles. The summed E-state index contributed by atoms with van der Waals surface area (Å²) >= 11 is 0. The number of aromatic amines is 1. The molecule has 1 aliphatic rings. The molecule has 7 nitrogen and oxygen atoms in total. The summed E-state index contributed by atoms with van der Waals surface area (Å²) in [6.45, 7) is 0.264. The third kappa shape index (κ3) is 1.05. The Morgan fingerprint density at radius 3 is 2.94 bits per heavy atom. The summed E-state index contributed by atoms with van der Waals surface area (Å²) in [5.74, 6) is 2.76. The van der Waals surface area contributed by atoms with Crippen molar-refractivity contribution in [2.75, 3.05) is 19.2 Å². The van der Waals surface area contributed by atoms with E-state index in [4.69, 9.17) is 9.47 Å². The van der Waals surface area contributed by atoms with Gasteiger partial charge in [-0.2, -0.15) is 4.98 Å². The van der Waals surface area contributed by atoms with Crippen molar-refractivity contribution in [3.05, 3.63) is 12.1 Å². The second-order valence-electron chi connectivity index (χ2n) is 3.76.